The first kappa shape index (κ1) is 23.2. The molecule has 0 unspecified atom stereocenters. The fourth-order valence-electron chi connectivity index (χ4n) is 3.08. The lowest BCUT2D eigenvalue weighted by Gasteiger charge is -2.29. The summed E-state index contributed by atoms with van der Waals surface area (Å²) in [7, 11) is -2.64. The highest BCUT2D eigenvalue weighted by atomic mass is 35.5. The average molecular weight is 481 g/mol. The summed E-state index contributed by atoms with van der Waals surface area (Å²) in [5.74, 6) is -0.323. The molecule has 3 rings (SSSR count). The van der Waals surface area contributed by atoms with Crippen LogP contribution in [0.15, 0.2) is 70.9 Å². The van der Waals surface area contributed by atoms with Crippen molar-refractivity contribution >= 4 is 38.9 Å². The van der Waals surface area contributed by atoms with Gasteiger partial charge in [-0.2, -0.15) is 4.31 Å². The SMILES string of the molecule is COc1ccc(S(=O)(=O)N(Cc2cccc(Cl)c2)[C@H](Cc2cccs2)C(=O)NO)cc1. The number of amides is 1. The van der Waals surface area contributed by atoms with E-state index in [0.29, 0.717) is 16.3 Å². The Morgan fingerprint density at radius 3 is 2.52 bits per heavy atom. The molecule has 10 heteroatoms. The molecule has 0 aliphatic rings. The lowest BCUT2D eigenvalue weighted by atomic mass is 10.1. The second kappa shape index (κ2) is 10.3. The monoisotopic (exact) mass is 480 g/mol. The third-order valence-electron chi connectivity index (χ3n) is 4.63. The van der Waals surface area contributed by atoms with E-state index in [2.05, 4.69) is 0 Å². The maximum absolute atomic E-state index is 13.6. The summed E-state index contributed by atoms with van der Waals surface area (Å²) in [6.07, 6.45) is 0.0972. The highest BCUT2D eigenvalue weighted by Gasteiger charge is 2.36. The molecule has 0 saturated heterocycles. The van der Waals surface area contributed by atoms with Crippen LogP contribution in [0.5, 0.6) is 5.75 Å². The van der Waals surface area contributed by atoms with E-state index < -0.39 is 22.0 Å². The lowest BCUT2D eigenvalue weighted by molar-refractivity contribution is -0.133. The molecule has 0 saturated carbocycles. The Bertz CT molecular complexity index is 1120. The van der Waals surface area contributed by atoms with Crippen molar-refractivity contribution in [3.05, 3.63) is 81.5 Å². The Hall–Kier alpha value is -2.43. The minimum atomic E-state index is -4.13. The van der Waals surface area contributed by atoms with E-state index in [1.165, 1.54) is 42.7 Å². The van der Waals surface area contributed by atoms with Crippen molar-refractivity contribution in [1.82, 2.24) is 9.79 Å². The van der Waals surface area contributed by atoms with Gasteiger partial charge in [-0.25, -0.2) is 13.9 Å². The molecule has 0 aliphatic carbocycles. The van der Waals surface area contributed by atoms with Gasteiger partial charge in [0.15, 0.2) is 0 Å². The fourth-order valence-corrected chi connectivity index (χ4v) is 5.61. The van der Waals surface area contributed by atoms with E-state index in [0.717, 1.165) is 9.18 Å². The molecule has 2 aromatic carbocycles. The van der Waals surface area contributed by atoms with Crippen LogP contribution in [-0.4, -0.2) is 37.0 Å². The summed E-state index contributed by atoms with van der Waals surface area (Å²) in [6.45, 7) is -0.113. The summed E-state index contributed by atoms with van der Waals surface area (Å²) in [6, 6.07) is 15.1. The summed E-state index contributed by atoms with van der Waals surface area (Å²) >= 11 is 7.47. The van der Waals surface area contributed by atoms with Crippen molar-refractivity contribution in [2.45, 2.75) is 23.9 Å². The molecule has 164 valence electrons. The van der Waals surface area contributed by atoms with Crippen LogP contribution < -0.4 is 10.2 Å². The van der Waals surface area contributed by atoms with E-state index in [1.807, 2.05) is 11.4 Å². The number of ether oxygens (including phenoxy) is 1. The van der Waals surface area contributed by atoms with Gasteiger partial charge in [0, 0.05) is 22.9 Å². The van der Waals surface area contributed by atoms with Crippen LogP contribution in [0.3, 0.4) is 0 Å². The zero-order chi connectivity index (χ0) is 22.4. The molecular weight excluding hydrogens is 460 g/mol. The number of rotatable bonds is 9. The Balaban J connectivity index is 2.07. The molecule has 0 radical (unpaired) electrons. The largest absolute Gasteiger partial charge is 0.497 e. The van der Waals surface area contributed by atoms with E-state index in [9.17, 15) is 18.4 Å². The number of hydrogen-bond acceptors (Lipinski definition) is 6. The molecule has 0 bridgehead atoms. The van der Waals surface area contributed by atoms with E-state index in [4.69, 9.17) is 16.3 Å². The number of methoxy groups -OCH3 is 1. The molecule has 0 aliphatic heterocycles. The van der Waals surface area contributed by atoms with E-state index in [1.54, 1.807) is 35.8 Å². The van der Waals surface area contributed by atoms with Crippen LogP contribution in [-0.2, 0) is 27.8 Å². The van der Waals surface area contributed by atoms with Crippen molar-refractivity contribution in [2.24, 2.45) is 0 Å². The number of thiophene rings is 1. The number of hydroxylamine groups is 1. The summed E-state index contributed by atoms with van der Waals surface area (Å²) < 4.78 is 33.4. The normalized spacial score (nSPS) is 12.5. The first-order valence-electron chi connectivity index (χ1n) is 9.22. The van der Waals surface area contributed by atoms with Gasteiger partial charge in [-0.05, 0) is 53.4 Å². The number of benzene rings is 2. The number of sulfonamides is 1. The molecule has 1 heterocycles. The van der Waals surface area contributed by atoms with Gasteiger partial charge in [0.05, 0.1) is 12.0 Å². The minimum absolute atomic E-state index is 0.00255. The van der Waals surface area contributed by atoms with Crippen molar-refractivity contribution in [1.29, 1.82) is 0 Å². The van der Waals surface area contributed by atoms with Gasteiger partial charge in [-0.3, -0.25) is 10.0 Å². The Morgan fingerprint density at radius 1 is 1.19 bits per heavy atom. The van der Waals surface area contributed by atoms with Crippen molar-refractivity contribution in [3.63, 3.8) is 0 Å². The molecule has 7 nitrogen and oxygen atoms in total. The number of carbonyl (C=O) groups excluding carboxylic acids is 1. The van der Waals surface area contributed by atoms with Gasteiger partial charge >= 0.3 is 0 Å². The van der Waals surface area contributed by atoms with Crippen LogP contribution >= 0.6 is 22.9 Å². The summed E-state index contributed by atoms with van der Waals surface area (Å²) in [5, 5.41) is 11.6. The minimum Gasteiger partial charge on any atom is -0.497 e. The van der Waals surface area contributed by atoms with Gasteiger partial charge in [-0.1, -0.05) is 29.8 Å². The fraction of sp³-hybridized carbons (Fsp3) is 0.190. The summed E-state index contributed by atoms with van der Waals surface area (Å²) in [5.41, 5.74) is 2.21. The Labute approximate surface area is 189 Å². The first-order chi connectivity index (χ1) is 14.8. The van der Waals surface area contributed by atoms with Gasteiger partial charge in [-0.15, -0.1) is 11.3 Å². The van der Waals surface area contributed by atoms with Crippen molar-refractivity contribution in [3.8, 4) is 5.75 Å². The Kier molecular flexibility index (Phi) is 7.69. The third kappa shape index (κ3) is 5.63. The molecule has 1 aromatic heterocycles. The van der Waals surface area contributed by atoms with Crippen LogP contribution in [0.2, 0.25) is 5.02 Å². The molecule has 3 aromatic rings. The highest BCUT2D eigenvalue weighted by Crippen LogP contribution is 2.26. The number of halogens is 1. The lowest BCUT2D eigenvalue weighted by Crippen LogP contribution is -2.49. The smallest absolute Gasteiger partial charge is 0.262 e. The standard InChI is InChI=1S/C21H21ClN2O5S2/c1-29-17-7-9-19(10-8-17)31(27,28)24(14-15-4-2-5-16(22)12-15)20(21(25)23-26)13-18-6-3-11-30-18/h2-12,20,26H,13-14H2,1H3,(H,23,25)/t20-/m1/s1. The molecular formula is C21H21ClN2O5S2. The average Bonchev–Trinajstić information content (AvgIpc) is 3.29. The van der Waals surface area contributed by atoms with E-state index in [-0.39, 0.29) is 17.9 Å². The zero-order valence-corrected chi connectivity index (χ0v) is 19.0. The molecule has 1 amide bonds. The van der Waals surface area contributed by atoms with E-state index >= 15 is 0 Å². The highest BCUT2D eigenvalue weighted by molar-refractivity contribution is 7.89. The second-order valence-electron chi connectivity index (χ2n) is 6.63. The van der Waals surface area contributed by atoms with Crippen molar-refractivity contribution in [2.75, 3.05) is 7.11 Å². The van der Waals surface area contributed by atoms with Gasteiger partial charge in [0.2, 0.25) is 10.0 Å². The van der Waals surface area contributed by atoms with Gasteiger partial charge < -0.3 is 4.74 Å². The number of carbonyl (C=O) groups is 1. The maximum Gasteiger partial charge on any atom is 0.262 e. The molecule has 0 fully saturated rings. The molecule has 1 atom stereocenters. The second-order valence-corrected chi connectivity index (χ2v) is 9.99. The van der Waals surface area contributed by atoms with Gasteiger partial charge in [0.1, 0.15) is 11.8 Å². The molecule has 0 spiro atoms. The predicted molar refractivity (Wildman–Crippen MR) is 119 cm³/mol. The molecule has 2 N–H and O–H groups in total. The van der Waals surface area contributed by atoms with Crippen LogP contribution in [0.1, 0.15) is 10.4 Å². The zero-order valence-electron chi connectivity index (χ0n) is 16.6. The summed E-state index contributed by atoms with van der Waals surface area (Å²) in [4.78, 5) is 13.4. The third-order valence-corrected chi connectivity index (χ3v) is 7.63. The molecule has 31 heavy (non-hydrogen) atoms. The van der Waals surface area contributed by atoms with Crippen molar-refractivity contribution < 1.29 is 23.2 Å². The maximum atomic E-state index is 13.6. The van der Waals surface area contributed by atoms with Crippen LogP contribution in [0, 0.1) is 0 Å². The number of nitrogens with zero attached hydrogens (tertiary/aromatic N) is 1. The first-order valence-corrected chi connectivity index (χ1v) is 11.9. The number of nitrogens with one attached hydrogen (secondary N) is 1. The van der Waals surface area contributed by atoms with Gasteiger partial charge in [0.25, 0.3) is 5.91 Å². The van der Waals surface area contributed by atoms with Crippen LogP contribution in [0.25, 0.3) is 0 Å². The predicted octanol–water partition coefficient (Wildman–Crippen LogP) is 3.72. The van der Waals surface area contributed by atoms with Crippen LogP contribution in [0.4, 0.5) is 0 Å². The topological polar surface area (TPSA) is 95.9 Å². The quantitative estimate of drug-likeness (QED) is 0.359. The Morgan fingerprint density at radius 2 is 1.94 bits per heavy atom. The number of hydrogen-bond donors (Lipinski definition) is 2.